The second-order valence-electron chi connectivity index (χ2n) is 7.86. The average molecular weight is 336 g/mol. The standard InChI is InChI=1S/C18H32N4O2/c1-13-10-22(8-7-21(13)11-14(2)23)16-9-15(12-24-6)19-17(20-16)18(3,4)5/h9,13-14,23H,7-8,10-12H2,1-6H3. The van der Waals surface area contributed by atoms with E-state index in [1.165, 1.54) is 0 Å². The van der Waals surface area contributed by atoms with Gasteiger partial charge in [-0.15, -0.1) is 0 Å². The predicted octanol–water partition coefficient (Wildman–Crippen LogP) is 1.81. The van der Waals surface area contributed by atoms with Crippen molar-refractivity contribution in [3.05, 3.63) is 17.6 Å². The molecule has 0 amide bonds. The van der Waals surface area contributed by atoms with Crippen LogP contribution >= 0.6 is 0 Å². The molecule has 0 saturated carbocycles. The van der Waals surface area contributed by atoms with Crippen LogP contribution in [0.4, 0.5) is 5.82 Å². The minimum absolute atomic E-state index is 0.0989. The number of nitrogens with zero attached hydrogens (tertiary/aromatic N) is 4. The maximum absolute atomic E-state index is 9.64. The van der Waals surface area contributed by atoms with Crippen LogP contribution in [-0.2, 0) is 16.8 Å². The Kier molecular flexibility index (Phi) is 6.17. The van der Waals surface area contributed by atoms with E-state index in [4.69, 9.17) is 9.72 Å². The zero-order chi connectivity index (χ0) is 17.9. The molecule has 0 aliphatic carbocycles. The molecule has 0 bridgehead atoms. The fraction of sp³-hybridized carbons (Fsp3) is 0.778. The summed E-state index contributed by atoms with van der Waals surface area (Å²) in [6.07, 6.45) is -0.293. The van der Waals surface area contributed by atoms with Crippen LogP contribution in [-0.4, -0.2) is 65.4 Å². The molecule has 1 saturated heterocycles. The minimum Gasteiger partial charge on any atom is -0.392 e. The van der Waals surface area contributed by atoms with E-state index in [0.29, 0.717) is 12.6 Å². The molecular formula is C18H32N4O2. The molecule has 2 unspecified atom stereocenters. The maximum atomic E-state index is 9.64. The molecule has 136 valence electrons. The third kappa shape index (κ3) is 4.88. The second kappa shape index (κ2) is 7.76. The number of β-amino-alcohol motifs (C(OH)–C–C–N with tert-alkyl or cyclic N) is 1. The summed E-state index contributed by atoms with van der Waals surface area (Å²) in [6, 6.07) is 2.42. The molecule has 2 heterocycles. The molecule has 24 heavy (non-hydrogen) atoms. The number of ether oxygens (including phenoxy) is 1. The highest BCUT2D eigenvalue weighted by atomic mass is 16.5. The van der Waals surface area contributed by atoms with Gasteiger partial charge in [-0.05, 0) is 13.8 Å². The van der Waals surface area contributed by atoms with E-state index < -0.39 is 0 Å². The topological polar surface area (TPSA) is 61.7 Å². The van der Waals surface area contributed by atoms with Gasteiger partial charge in [0.25, 0.3) is 0 Å². The van der Waals surface area contributed by atoms with Gasteiger partial charge in [0.2, 0.25) is 0 Å². The van der Waals surface area contributed by atoms with Gasteiger partial charge < -0.3 is 14.7 Å². The van der Waals surface area contributed by atoms with Gasteiger partial charge in [-0.2, -0.15) is 0 Å². The molecule has 0 aromatic carbocycles. The first-order valence-electron chi connectivity index (χ1n) is 8.75. The van der Waals surface area contributed by atoms with Crippen LogP contribution in [0.15, 0.2) is 6.07 Å². The van der Waals surface area contributed by atoms with E-state index in [9.17, 15) is 5.11 Å². The van der Waals surface area contributed by atoms with Crippen molar-refractivity contribution in [2.45, 2.75) is 58.8 Å². The number of aromatic nitrogens is 2. The molecule has 2 atom stereocenters. The quantitative estimate of drug-likeness (QED) is 0.885. The van der Waals surface area contributed by atoms with Crippen LogP contribution in [0.3, 0.4) is 0 Å². The van der Waals surface area contributed by atoms with Gasteiger partial charge in [0.15, 0.2) is 0 Å². The van der Waals surface area contributed by atoms with E-state index in [0.717, 1.165) is 43.5 Å². The van der Waals surface area contributed by atoms with Crippen molar-refractivity contribution >= 4 is 5.82 Å². The van der Waals surface area contributed by atoms with E-state index in [-0.39, 0.29) is 11.5 Å². The largest absolute Gasteiger partial charge is 0.392 e. The maximum Gasteiger partial charge on any atom is 0.136 e. The number of hydrogen-bond donors (Lipinski definition) is 1. The highest BCUT2D eigenvalue weighted by Crippen LogP contribution is 2.24. The third-order valence-corrected chi connectivity index (χ3v) is 4.32. The molecule has 6 nitrogen and oxygen atoms in total. The lowest BCUT2D eigenvalue weighted by Gasteiger charge is -2.41. The Labute approximate surface area is 145 Å². The normalized spacial score (nSPS) is 21.1. The monoisotopic (exact) mass is 336 g/mol. The predicted molar refractivity (Wildman–Crippen MR) is 96.4 cm³/mol. The van der Waals surface area contributed by atoms with Gasteiger partial charge in [-0.1, -0.05) is 20.8 Å². The summed E-state index contributed by atoms with van der Waals surface area (Å²) < 4.78 is 5.27. The highest BCUT2D eigenvalue weighted by molar-refractivity contribution is 5.41. The van der Waals surface area contributed by atoms with Gasteiger partial charge in [0.1, 0.15) is 11.6 Å². The van der Waals surface area contributed by atoms with Gasteiger partial charge in [-0.3, -0.25) is 4.90 Å². The van der Waals surface area contributed by atoms with Crippen LogP contribution in [0.2, 0.25) is 0 Å². The van der Waals surface area contributed by atoms with Crippen molar-refractivity contribution in [1.29, 1.82) is 0 Å². The van der Waals surface area contributed by atoms with Gasteiger partial charge in [0, 0.05) is 50.8 Å². The molecule has 1 aliphatic rings. The fourth-order valence-electron chi connectivity index (χ4n) is 3.02. The summed E-state index contributed by atoms with van der Waals surface area (Å²) in [4.78, 5) is 14.1. The molecule has 0 radical (unpaired) electrons. The van der Waals surface area contributed by atoms with Crippen molar-refractivity contribution in [2.75, 3.05) is 38.2 Å². The molecule has 1 fully saturated rings. The van der Waals surface area contributed by atoms with E-state index >= 15 is 0 Å². The molecule has 1 N–H and O–H groups in total. The zero-order valence-corrected chi connectivity index (χ0v) is 15.9. The Morgan fingerprint density at radius 2 is 2.04 bits per heavy atom. The van der Waals surface area contributed by atoms with Crippen molar-refractivity contribution in [2.24, 2.45) is 0 Å². The van der Waals surface area contributed by atoms with Gasteiger partial charge >= 0.3 is 0 Å². The summed E-state index contributed by atoms with van der Waals surface area (Å²) >= 11 is 0. The average Bonchev–Trinajstić information content (AvgIpc) is 2.48. The zero-order valence-electron chi connectivity index (χ0n) is 15.9. The lowest BCUT2D eigenvalue weighted by atomic mass is 9.95. The number of rotatable bonds is 5. The van der Waals surface area contributed by atoms with Crippen molar-refractivity contribution in [1.82, 2.24) is 14.9 Å². The second-order valence-corrected chi connectivity index (χ2v) is 7.86. The molecule has 1 aromatic heterocycles. The van der Waals surface area contributed by atoms with Crippen LogP contribution in [0.1, 0.15) is 46.1 Å². The first kappa shape index (κ1) is 19.1. The number of aliphatic hydroxyl groups is 1. The Hall–Kier alpha value is -1.24. The lowest BCUT2D eigenvalue weighted by molar-refractivity contribution is 0.0958. The molecule has 1 aliphatic heterocycles. The number of anilines is 1. The van der Waals surface area contributed by atoms with E-state index in [1.54, 1.807) is 7.11 Å². The fourth-order valence-corrected chi connectivity index (χ4v) is 3.02. The summed E-state index contributed by atoms with van der Waals surface area (Å²) in [5, 5.41) is 9.64. The SMILES string of the molecule is COCc1cc(N2CCN(CC(C)O)C(C)C2)nc(C(C)(C)C)n1. The Balaban J connectivity index is 2.21. The Morgan fingerprint density at radius 3 is 2.58 bits per heavy atom. The summed E-state index contributed by atoms with van der Waals surface area (Å²) in [5.41, 5.74) is 0.824. The number of piperazine rings is 1. The summed E-state index contributed by atoms with van der Waals surface area (Å²) in [6.45, 7) is 14.4. The lowest BCUT2D eigenvalue weighted by Crippen LogP contribution is -2.53. The van der Waals surface area contributed by atoms with E-state index in [1.807, 2.05) is 13.0 Å². The van der Waals surface area contributed by atoms with Crippen molar-refractivity contribution in [3.8, 4) is 0 Å². The van der Waals surface area contributed by atoms with Gasteiger partial charge in [-0.25, -0.2) is 9.97 Å². The summed E-state index contributed by atoms with van der Waals surface area (Å²) in [5.74, 6) is 1.83. The van der Waals surface area contributed by atoms with Gasteiger partial charge in [0.05, 0.1) is 18.4 Å². The molecule has 6 heteroatoms. The molecule has 1 aromatic rings. The number of hydrogen-bond acceptors (Lipinski definition) is 6. The molecule has 0 spiro atoms. The van der Waals surface area contributed by atoms with Crippen LogP contribution < -0.4 is 4.90 Å². The minimum atomic E-state index is -0.293. The Morgan fingerprint density at radius 1 is 1.33 bits per heavy atom. The highest BCUT2D eigenvalue weighted by Gasteiger charge is 2.27. The van der Waals surface area contributed by atoms with Crippen LogP contribution in [0, 0.1) is 0 Å². The first-order chi connectivity index (χ1) is 11.2. The molecule has 2 rings (SSSR count). The summed E-state index contributed by atoms with van der Waals surface area (Å²) in [7, 11) is 1.69. The van der Waals surface area contributed by atoms with Crippen LogP contribution in [0.25, 0.3) is 0 Å². The third-order valence-electron chi connectivity index (χ3n) is 4.32. The first-order valence-corrected chi connectivity index (χ1v) is 8.75. The van der Waals surface area contributed by atoms with Crippen molar-refractivity contribution in [3.63, 3.8) is 0 Å². The van der Waals surface area contributed by atoms with Crippen molar-refractivity contribution < 1.29 is 9.84 Å². The Bertz CT molecular complexity index is 542. The number of methoxy groups -OCH3 is 1. The molecular weight excluding hydrogens is 304 g/mol. The number of aliphatic hydroxyl groups excluding tert-OH is 1. The van der Waals surface area contributed by atoms with Crippen LogP contribution in [0.5, 0.6) is 0 Å². The smallest absolute Gasteiger partial charge is 0.136 e. The van der Waals surface area contributed by atoms with E-state index in [2.05, 4.69) is 42.5 Å².